The van der Waals surface area contributed by atoms with Crippen molar-refractivity contribution in [3.8, 4) is 5.75 Å². The van der Waals surface area contributed by atoms with Crippen LogP contribution >= 0.6 is 0 Å². The van der Waals surface area contributed by atoms with Crippen LogP contribution in [-0.2, 0) is 4.74 Å². The molecule has 0 aliphatic carbocycles. The minimum Gasteiger partial charge on any atom is -0.496 e. The van der Waals surface area contributed by atoms with Gasteiger partial charge in [-0.1, -0.05) is 13.0 Å². The van der Waals surface area contributed by atoms with E-state index in [1.807, 2.05) is 0 Å². The van der Waals surface area contributed by atoms with Crippen LogP contribution in [0.25, 0.3) is 0 Å². The molecule has 1 heterocycles. The predicted molar refractivity (Wildman–Crippen MR) is 87.1 cm³/mol. The highest BCUT2D eigenvalue weighted by Gasteiger charge is 2.39. The van der Waals surface area contributed by atoms with Gasteiger partial charge in [0.1, 0.15) is 5.75 Å². The van der Waals surface area contributed by atoms with Crippen LogP contribution in [0.5, 0.6) is 5.75 Å². The summed E-state index contributed by atoms with van der Waals surface area (Å²) >= 11 is 0. The number of rotatable bonds is 6. The third kappa shape index (κ3) is 3.41. The molecule has 1 aliphatic heterocycles. The summed E-state index contributed by atoms with van der Waals surface area (Å²) in [6.07, 6.45) is 3.38. The van der Waals surface area contributed by atoms with Crippen molar-refractivity contribution >= 4 is 0 Å². The van der Waals surface area contributed by atoms with Crippen molar-refractivity contribution in [2.24, 2.45) is 0 Å². The molecule has 21 heavy (non-hydrogen) atoms. The van der Waals surface area contributed by atoms with Crippen LogP contribution in [0, 0.1) is 13.8 Å². The van der Waals surface area contributed by atoms with E-state index in [0.29, 0.717) is 0 Å². The Kier molecular flexibility index (Phi) is 5.28. The lowest BCUT2D eigenvalue weighted by Crippen LogP contribution is -2.42. The molecule has 1 aliphatic rings. The minimum absolute atomic E-state index is 0.110. The van der Waals surface area contributed by atoms with E-state index in [-0.39, 0.29) is 11.6 Å². The van der Waals surface area contributed by atoms with E-state index in [2.05, 4.69) is 45.1 Å². The lowest BCUT2D eigenvalue weighted by Gasteiger charge is -2.35. The summed E-state index contributed by atoms with van der Waals surface area (Å²) in [6.45, 7) is 10.6. The molecule has 0 amide bonds. The van der Waals surface area contributed by atoms with Crippen LogP contribution in [0.15, 0.2) is 12.1 Å². The van der Waals surface area contributed by atoms with Gasteiger partial charge in [0.15, 0.2) is 0 Å². The fraction of sp³-hybridized carbons (Fsp3) is 0.667. The summed E-state index contributed by atoms with van der Waals surface area (Å²) < 4.78 is 11.6. The summed E-state index contributed by atoms with van der Waals surface area (Å²) in [5.74, 6) is 0.961. The zero-order valence-corrected chi connectivity index (χ0v) is 14.1. The maximum absolute atomic E-state index is 6.11. The fourth-order valence-electron chi connectivity index (χ4n) is 3.31. The number of benzene rings is 1. The van der Waals surface area contributed by atoms with Crippen molar-refractivity contribution in [1.29, 1.82) is 0 Å². The zero-order valence-electron chi connectivity index (χ0n) is 14.1. The minimum atomic E-state index is -0.110. The van der Waals surface area contributed by atoms with Crippen molar-refractivity contribution < 1.29 is 9.47 Å². The molecule has 1 aromatic rings. The van der Waals surface area contributed by atoms with E-state index in [0.717, 1.165) is 38.2 Å². The smallest absolute Gasteiger partial charge is 0.122 e. The Balaban J connectivity index is 2.38. The third-order valence-corrected chi connectivity index (χ3v) is 4.55. The van der Waals surface area contributed by atoms with Crippen molar-refractivity contribution in [3.05, 3.63) is 28.8 Å². The van der Waals surface area contributed by atoms with Gasteiger partial charge >= 0.3 is 0 Å². The molecule has 0 bridgehead atoms. The maximum atomic E-state index is 6.11. The molecule has 1 fully saturated rings. The summed E-state index contributed by atoms with van der Waals surface area (Å²) in [5, 5.41) is 3.71. The molecule has 3 nitrogen and oxygen atoms in total. The van der Waals surface area contributed by atoms with Gasteiger partial charge in [-0.3, -0.25) is 0 Å². The Morgan fingerprint density at radius 3 is 2.67 bits per heavy atom. The predicted octanol–water partition coefficient (Wildman–Crippen LogP) is 3.92. The molecule has 0 saturated carbocycles. The second-order valence-electron chi connectivity index (χ2n) is 6.33. The second kappa shape index (κ2) is 6.80. The molecule has 0 radical (unpaired) electrons. The molecule has 0 spiro atoms. The van der Waals surface area contributed by atoms with Gasteiger partial charge in [0, 0.05) is 6.61 Å². The van der Waals surface area contributed by atoms with Crippen molar-refractivity contribution in [3.63, 3.8) is 0 Å². The van der Waals surface area contributed by atoms with Crippen molar-refractivity contribution in [1.82, 2.24) is 5.32 Å². The van der Waals surface area contributed by atoms with Gasteiger partial charge in [-0.25, -0.2) is 0 Å². The number of ether oxygens (including phenoxy) is 2. The SMILES string of the molecule is CCCNC(c1cc(C)c(OC)cc1C)C1(C)CCCO1. The van der Waals surface area contributed by atoms with Gasteiger partial charge in [-0.2, -0.15) is 0 Å². The molecule has 3 heteroatoms. The number of hydrogen-bond donors (Lipinski definition) is 1. The largest absolute Gasteiger partial charge is 0.496 e. The van der Waals surface area contributed by atoms with Gasteiger partial charge < -0.3 is 14.8 Å². The molecule has 2 atom stereocenters. The summed E-state index contributed by atoms with van der Waals surface area (Å²) in [7, 11) is 1.73. The Bertz CT molecular complexity index is 478. The standard InChI is InChI=1S/C18H29NO2/c1-6-9-19-17(18(4)8-7-10-21-18)15-11-14(3)16(20-5)12-13(15)2/h11-12,17,19H,6-10H2,1-5H3. The normalized spacial score (nSPS) is 23.3. The fourth-order valence-corrected chi connectivity index (χ4v) is 3.31. The first-order valence-electron chi connectivity index (χ1n) is 8.04. The molecule has 2 rings (SSSR count). The van der Waals surface area contributed by atoms with E-state index in [4.69, 9.17) is 9.47 Å². The highest BCUT2D eigenvalue weighted by molar-refractivity contribution is 5.43. The van der Waals surface area contributed by atoms with E-state index in [1.54, 1.807) is 7.11 Å². The maximum Gasteiger partial charge on any atom is 0.122 e. The number of hydrogen-bond acceptors (Lipinski definition) is 3. The monoisotopic (exact) mass is 291 g/mol. The summed E-state index contributed by atoms with van der Waals surface area (Å²) in [6, 6.07) is 4.64. The lowest BCUT2D eigenvalue weighted by molar-refractivity contribution is -0.0126. The zero-order chi connectivity index (χ0) is 15.5. The van der Waals surface area contributed by atoms with Gasteiger partial charge in [-0.15, -0.1) is 0 Å². The van der Waals surface area contributed by atoms with Gasteiger partial charge in [-0.05, 0) is 69.3 Å². The third-order valence-electron chi connectivity index (χ3n) is 4.55. The summed E-state index contributed by atoms with van der Waals surface area (Å²) in [5.41, 5.74) is 3.68. The highest BCUT2D eigenvalue weighted by Crippen LogP contribution is 2.39. The Labute approximate surface area is 129 Å². The first-order chi connectivity index (χ1) is 10.0. The number of nitrogens with one attached hydrogen (secondary N) is 1. The quantitative estimate of drug-likeness (QED) is 0.861. The van der Waals surface area contributed by atoms with Gasteiger partial charge in [0.05, 0.1) is 18.8 Å². The molecule has 118 valence electrons. The van der Waals surface area contributed by atoms with Gasteiger partial charge in [0.25, 0.3) is 0 Å². The van der Waals surface area contributed by atoms with Crippen LogP contribution < -0.4 is 10.1 Å². The average Bonchev–Trinajstić information content (AvgIpc) is 2.90. The number of methoxy groups -OCH3 is 1. The lowest BCUT2D eigenvalue weighted by atomic mass is 9.84. The molecule has 1 N–H and O–H groups in total. The van der Waals surface area contributed by atoms with Gasteiger partial charge in [0.2, 0.25) is 0 Å². The Hall–Kier alpha value is -1.06. The molecule has 1 aromatic carbocycles. The second-order valence-corrected chi connectivity index (χ2v) is 6.33. The van der Waals surface area contributed by atoms with E-state index < -0.39 is 0 Å². The summed E-state index contributed by atoms with van der Waals surface area (Å²) in [4.78, 5) is 0. The van der Waals surface area contributed by atoms with Crippen LogP contribution in [-0.4, -0.2) is 25.9 Å². The number of aryl methyl sites for hydroxylation is 2. The highest BCUT2D eigenvalue weighted by atomic mass is 16.5. The Morgan fingerprint density at radius 2 is 2.10 bits per heavy atom. The Morgan fingerprint density at radius 1 is 1.33 bits per heavy atom. The first kappa shape index (κ1) is 16.3. The van der Waals surface area contributed by atoms with Crippen LogP contribution in [0.4, 0.5) is 0 Å². The average molecular weight is 291 g/mol. The molecular weight excluding hydrogens is 262 g/mol. The molecule has 0 aromatic heterocycles. The van der Waals surface area contributed by atoms with E-state index >= 15 is 0 Å². The first-order valence-corrected chi connectivity index (χ1v) is 8.04. The van der Waals surface area contributed by atoms with Crippen LogP contribution in [0.2, 0.25) is 0 Å². The van der Waals surface area contributed by atoms with E-state index in [9.17, 15) is 0 Å². The topological polar surface area (TPSA) is 30.5 Å². The van der Waals surface area contributed by atoms with E-state index in [1.165, 1.54) is 16.7 Å². The van der Waals surface area contributed by atoms with Crippen LogP contribution in [0.1, 0.15) is 55.8 Å². The molecular formula is C18H29NO2. The molecule has 1 saturated heterocycles. The van der Waals surface area contributed by atoms with Crippen LogP contribution in [0.3, 0.4) is 0 Å². The van der Waals surface area contributed by atoms with Crippen molar-refractivity contribution in [2.75, 3.05) is 20.3 Å². The van der Waals surface area contributed by atoms with Crippen molar-refractivity contribution in [2.45, 2.75) is 58.6 Å². The molecule has 2 unspecified atom stereocenters.